The Balaban J connectivity index is 1.78. The fourth-order valence-electron chi connectivity index (χ4n) is 2.24. The van der Waals surface area contributed by atoms with Crippen molar-refractivity contribution in [1.29, 1.82) is 0 Å². The summed E-state index contributed by atoms with van der Waals surface area (Å²) in [5.74, 6) is 0.707. The Morgan fingerprint density at radius 3 is 3.12 bits per heavy atom. The van der Waals surface area contributed by atoms with Crippen molar-refractivity contribution in [2.75, 3.05) is 0 Å². The highest BCUT2D eigenvalue weighted by Crippen LogP contribution is 2.23. The quantitative estimate of drug-likeness (QED) is 0.803. The Morgan fingerprint density at radius 2 is 2.44 bits per heavy atom. The van der Waals surface area contributed by atoms with E-state index >= 15 is 0 Å². The summed E-state index contributed by atoms with van der Waals surface area (Å²) in [6.07, 6.45) is 6.10. The van der Waals surface area contributed by atoms with E-state index in [4.69, 9.17) is 0 Å². The first-order valence-corrected chi connectivity index (χ1v) is 5.74. The van der Waals surface area contributed by atoms with Gasteiger partial charge in [-0.1, -0.05) is 19.8 Å². The Morgan fingerprint density at radius 1 is 1.56 bits per heavy atom. The first-order chi connectivity index (χ1) is 7.74. The summed E-state index contributed by atoms with van der Waals surface area (Å²) < 4.78 is 1.43. The van der Waals surface area contributed by atoms with E-state index in [0.29, 0.717) is 12.0 Å². The van der Waals surface area contributed by atoms with Gasteiger partial charge in [-0.05, 0) is 29.2 Å². The van der Waals surface area contributed by atoms with Gasteiger partial charge >= 0.3 is 0 Å². The van der Waals surface area contributed by atoms with E-state index in [-0.39, 0.29) is 12.5 Å². The first kappa shape index (κ1) is 11.0. The van der Waals surface area contributed by atoms with Gasteiger partial charge in [0.25, 0.3) is 0 Å². The van der Waals surface area contributed by atoms with Gasteiger partial charge < -0.3 is 5.32 Å². The first-order valence-electron chi connectivity index (χ1n) is 5.74. The number of nitrogens with zero attached hydrogens (tertiary/aromatic N) is 4. The van der Waals surface area contributed by atoms with Crippen molar-refractivity contribution < 1.29 is 4.79 Å². The van der Waals surface area contributed by atoms with Crippen LogP contribution in [0.4, 0.5) is 0 Å². The standard InChI is InChI=1S/C10H17N5O/c1-8-3-2-4-9(5-8)12-10(16)6-15-7-11-13-14-15/h7-9H,2-6H2,1H3,(H,12,16)/t8-,9+/m1/s1. The highest BCUT2D eigenvalue weighted by Gasteiger charge is 2.20. The predicted octanol–water partition coefficient (Wildman–Crippen LogP) is 0.368. The highest BCUT2D eigenvalue weighted by molar-refractivity contribution is 5.75. The molecule has 1 aromatic rings. The Bertz CT molecular complexity index is 337. The van der Waals surface area contributed by atoms with Crippen LogP contribution in [0.5, 0.6) is 0 Å². The van der Waals surface area contributed by atoms with Crippen LogP contribution in [0.1, 0.15) is 32.6 Å². The molecule has 1 saturated carbocycles. The SMILES string of the molecule is C[C@@H]1CCC[C@H](NC(=O)Cn2cnnn2)C1. The molecule has 1 aliphatic carbocycles. The van der Waals surface area contributed by atoms with Crippen LogP contribution in [0, 0.1) is 5.92 Å². The number of hydrogen-bond donors (Lipinski definition) is 1. The topological polar surface area (TPSA) is 72.7 Å². The molecule has 0 radical (unpaired) electrons. The molecule has 1 fully saturated rings. The van der Waals surface area contributed by atoms with E-state index in [9.17, 15) is 4.79 Å². The van der Waals surface area contributed by atoms with E-state index in [0.717, 1.165) is 12.8 Å². The number of aromatic nitrogens is 4. The number of carbonyl (C=O) groups is 1. The van der Waals surface area contributed by atoms with Crippen LogP contribution in [0.15, 0.2) is 6.33 Å². The number of amides is 1. The van der Waals surface area contributed by atoms with Gasteiger partial charge in [-0.15, -0.1) is 5.10 Å². The molecule has 2 atom stereocenters. The summed E-state index contributed by atoms with van der Waals surface area (Å²) in [5, 5.41) is 13.7. The fourth-order valence-corrected chi connectivity index (χ4v) is 2.24. The summed E-state index contributed by atoms with van der Waals surface area (Å²) in [6, 6.07) is 0.327. The van der Waals surface area contributed by atoms with Crippen LogP contribution in [-0.2, 0) is 11.3 Å². The lowest BCUT2D eigenvalue weighted by atomic mass is 9.87. The van der Waals surface area contributed by atoms with Crippen LogP contribution in [0.2, 0.25) is 0 Å². The van der Waals surface area contributed by atoms with Gasteiger partial charge in [0.05, 0.1) is 0 Å². The molecule has 0 bridgehead atoms. The van der Waals surface area contributed by atoms with Gasteiger partial charge in [0, 0.05) is 6.04 Å². The van der Waals surface area contributed by atoms with Gasteiger partial charge in [-0.3, -0.25) is 4.79 Å². The molecule has 1 aliphatic rings. The van der Waals surface area contributed by atoms with E-state index < -0.39 is 0 Å². The molecule has 1 aromatic heterocycles. The molecule has 0 saturated heterocycles. The molecule has 0 aliphatic heterocycles. The number of nitrogens with one attached hydrogen (secondary N) is 1. The van der Waals surface area contributed by atoms with Crippen molar-refractivity contribution in [1.82, 2.24) is 25.5 Å². The van der Waals surface area contributed by atoms with E-state index in [2.05, 4.69) is 27.8 Å². The van der Waals surface area contributed by atoms with Crippen LogP contribution in [0.3, 0.4) is 0 Å². The number of hydrogen-bond acceptors (Lipinski definition) is 4. The Kier molecular flexibility index (Phi) is 3.48. The third kappa shape index (κ3) is 3.01. The lowest BCUT2D eigenvalue weighted by Gasteiger charge is -2.27. The Labute approximate surface area is 94.4 Å². The van der Waals surface area contributed by atoms with Crippen molar-refractivity contribution in [2.24, 2.45) is 5.92 Å². The van der Waals surface area contributed by atoms with Gasteiger partial charge in [-0.25, -0.2) is 4.68 Å². The van der Waals surface area contributed by atoms with Crippen LogP contribution in [-0.4, -0.2) is 32.2 Å². The third-order valence-corrected chi connectivity index (χ3v) is 3.00. The number of carbonyl (C=O) groups excluding carboxylic acids is 1. The second kappa shape index (κ2) is 5.05. The lowest BCUT2D eigenvalue weighted by Crippen LogP contribution is -2.39. The monoisotopic (exact) mass is 223 g/mol. The van der Waals surface area contributed by atoms with Gasteiger partial charge in [0.15, 0.2) is 0 Å². The molecule has 2 rings (SSSR count). The fraction of sp³-hybridized carbons (Fsp3) is 0.800. The Hall–Kier alpha value is -1.46. The molecular weight excluding hydrogens is 206 g/mol. The molecule has 16 heavy (non-hydrogen) atoms. The van der Waals surface area contributed by atoms with Gasteiger partial charge in [0.1, 0.15) is 12.9 Å². The predicted molar refractivity (Wildman–Crippen MR) is 57.4 cm³/mol. The van der Waals surface area contributed by atoms with Crippen molar-refractivity contribution >= 4 is 5.91 Å². The molecule has 1 heterocycles. The maximum absolute atomic E-state index is 11.7. The highest BCUT2D eigenvalue weighted by atomic mass is 16.2. The van der Waals surface area contributed by atoms with Crippen molar-refractivity contribution in [3.63, 3.8) is 0 Å². The van der Waals surface area contributed by atoms with Crippen LogP contribution in [0.25, 0.3) is 0 Å². The molecule has 6 nitrogen and oxygen atoms in total. The molecule has 1 N–H and O–H groups in total. The average molecular weight is 223 g/mol. The molecule has 0 aromatic carbocycles. The summed E-state index contributed by atoms with van der Waals surface area (Å²) >= 11 is 0. The summed E-state index contributed by atoms with van der Waals surface area (Å²) in [7, 11) is 0. The second-order valence-electron chi connectivity index (χ2n) is 4.54. The largest absolute Gasteiger partial charge is 0.352 e. The second-order valence-corrected chi connectivity index (χ2v) is 4.54. The van der Waals surface area contributed by atoms with Crippen LogP contribution < -0.4 is 5.32 Å². The zero-order valence-electron chi connectivity index (χ0n) is 9.46. The molecule has 6 heteroatoms. The summed E-state index contributed by atoms with van der Waals surface area (Å²) in [6.45, 7) is 2.44. The minimum absolute atomic E-state index is 0.00796. The zero-order chi connectivity index (χ0) is 11.4. The number of tetrazole rings is 1. The van der Waals surface area contributed by atoms with Crippen LogP contribution >= 0.6 is 0 Å². The van der Waals surface area contributed by atoms with E-state index in [1.807, 2.05) is 0 Å². The van der Waals surface area contributed by atoms with Gasteiger partial charge in [-0.2, -0.15) is 0 Å². The van der Waals surface area contributed by atoms with Crippen molar-refractivity contribution in [2.45, 2.75) is 45.2 Å². The van der Waals surface area contributed by atoms with Gasteiger partial charge in [0.2, 0.25) is 5.91 Å². The number of rotatable bonds is 3. The average Bonchev–Trinajstić information content (AvgIpc) is 2.70. The van der Waals surface area contributed by atoms with E-state index in [1.54, 1.807) is 0 Å². The summed E-state index contributed by atoms with van der Waals surface area (Å²) in [4.78, 5) is 11.7. The van der Waals surface area contributed by atoms with E-state index in [1.165, 1.54) is 23.9 Å². The lowest BCUT2D eigenvalue weighted by molar-refractivity contribution is -0.122. The molecule has 88 valence electrons. The molecule has 1 amide bonds. The normalized spacial score (nSPS) is 25.3. The van der Waals surface area contributed by atoms with Crippen molar-refractivity contribution in [3.8, 4) is 0 Å². The molecule has 0 spiro atoms. The smallest absolute Gasteiger partial charge is 0.242 e. The maximum atomic E-state index is 11.7. The minimum atomic E-state index is -0.00796. The van der Waals surface area contributed by atoms with Crippen molar-refractivity contribution in [3.05, 3.63) is 6.33 Å². The minimum Gasteiger partial charge on any atom is -0.352 e. The summed E-state index contributed by atoms with van der Waals surface area (Å²) in [5.41, 5.74) is 0. The maximum Gasteiger partial charge on any atom is 0.242 e. The molecular formula is C10H17N5O. The third-order valence-electron chi connectivity index (χ3n) is 3.00. The zero-order valence-corrected chi connectivity index (χ0v) is 9.46. The molecule has 0 unspecified atom stereocenters.